The number of halogens is 1. The minimum Gasteiger partial charge on any atom is -0.485 e. The zero-order valence-corrected chi connectivity index (χ0v) is 9.21. The summed E-state index contributed by atoms with van der Waals surface area (Å²) in [5, 5.41) is 0. The zero-order chi connectivity index (χ0) is 11.9. The van der Waals surface area contributed by atoms with E-state index >= 15 is 0 Å². The van der Waals surface area contributed by atoms with Crippen molar-refractivity contribution in [2.24, 2.45) is 0 Å². The van der Waals surface area contributed by atoms with Crippen molar-refractivity contribution in [2.75, 3.05) is 6.61 Å². The Kier molecular flexibility index (Phi) is 3.86. The Bertz CT molecular complexity index is 497. The normalized spacial score (nSPS) is 10.6. The van der Waals surface area contributed by atoms with Gasteiger partial charge in [0, 0.05) is 6.20 Å². The average Bonchev–Trinajstić information content (AvgIpc) is 2.38. The molecule has 0 saturated heterocycles. The van der Waals surface area contributed by atoms with Crippen LogP contribution in [0.3, 0.4) is 0 Å². The lowest BCUT2D eigenvalue weighted by Gasteiger charge is -2.02. The smallest absolute Gasteiger partial charge is 0.255 e. The van der Waals surface area contributed by atoms with Crippen molar-refractivity contribution in [3.05, 3.63) is 66.2 Å². The second-order valence-corrected chi connectivity index (χ2v) is 3.42. The van der Waals surface area contributed by atoms with Gasteiger partial charge in [-0.25, -0.2) is 4.98 Å². The van der Waals surface area contributed by atoms with Crippen LogP contribution in [0.25, 0.3) is 6.08 Å². The summed E-state index contributed by atoms with van der Waals surface area (Å²) in [4.78, 5) is 3.50. The summed E-state index contributed by atoms with van der Waals surface area (Å²) in [6.07, 6.45) is 5.15. The Labute approximate surface area is 99.4 Å². The van der Waals surface area contributed by atoms with Crippen molar-refractivity contribution >= 4 is 6.08 Å². The lowest BCUT2D eigenvalue weighted by molar-refractivity contribution is 0.336. The highest BCUT2D eigenvalue weighted by atomic mass is 19.1. The predicted molar refractivity (Wildman–Crippen MR) is 65.2 cm³/mol. The van der Waals surface area contributed by atoms with E-state index in [0.717, 1.165) is 5.56 Å². The Morgan fingerprint density at radius 2 is 1.94 bits per heavy atom. The molecule has 0 aliphatic rings. The molecule has 0 unspecified atom stereocenters. The second-order valence-electron chi connectivity index (χ2n) is 3.42. The van der Waals surface area contributed by atoms with Crippen molar-refractivity contribution in [3.63, 3.8) is 0 Å². The molecule has 0 bridgehead atoms. The molecule has 2 nitrogen and oxygen atoms in total. The van der Waals surface area contributed by atoms with E-state index in [1.165, 1.54) is 6.20 Å². The summed E-state index contributed by atoms with van der Waals surface area (Å²) in [7, 11) is 0. The van der Waals surface area contributed by atoms with Crippen molar-refractivity contribution in [1.82, 2.24) is 4.98 Å². The van der Waals surface area contributed by atoms with E-state index in [4.69, 9.17) is 4.74 Å². The molecular weight excluding hydrogens is 217 g/mol. The van der Waals surface area contributed by atoms with Crippen LogP contribution in [0.1, 0.15) is 5.56 Å². The van der Waals surface area contributed by atoms with Gasteiger partial charge in [0.15, 0.2) is 5.75 Å². The highest BCUT2D eigenvalue weighted by molar-refractivity contribution is 5.48. The lowest BCUT2D eigenvalue weighted by Crippen LogP contribution is -1.96. The van der Waals surface area contributed by atoms with Crippen LogP contribution in [-0.4, -0.2) is 11.6 Å². The first kappa shape index (κ1) is 11.3. The number of rotatable bonds is 4. The summed E-state index contributed by atoms with van der Waals surface area (Å²) >= 11 is 0. The number of pyridine rings is 1. The molecule has 0 radical (unpaired) electrons. The molecule has 3 heteroatoms. The van der Waals surface area contributed by atoms with Gasteiger partial charge in [-0.2, -0.15) is 4.39 Å². The minimum absolute atomic E-state index is 0.171. The molecular formula is C14H12FNO. The summed E-state index contributed by atoms with van der Waals surface area (Å²) in [5.41, 5.74) is 1.09. The quantitative estimate of drug-likeness (QED) is 0.750. The van der Waals surface area contributed by atoms with Gasteiger partial charge in [0.05, 0.1) is 0 Å². The summed E-state index contributed by atoms with van der Waals surface area (Å²) in [6, 6.07) is 13.0. The van der Waals surface area contributed by atoms with Crippen molar-refractivity contribution in [2.45, 2.75) is 0 Å². The standard InChI is InChI=1S/C14H12FNO/c15-14-13(9-4-10-16-14)17-11-5-8-12-6-2-1-3-7-12/h1-10H,11H2. The molecule has 1 aromatic carbocycles. The van der Waals surface area contributed by atoms with E-state index in [2.05, 4.69) is 4.98 Å². The van der Waals surface area contributed by atoms with Gasteiger partial charge in [-0.1, -0.05) is 36.4 Å². The van der Waals surface area contributed by atoms with Crippen LogP contribution in [0.4, 0.5) is 4.39 Å². The molecule has 86 valence electrons. The van der Waals surface area contributed by atoms with Crippen molar-refractivity contribution < 1.29 is 9.13 Å². The lowest BCUT2D eigenvalue weighted by atomic mass is 10.2. The molecule has 1 heterocycles. The Morgan fingerprint density at radius 3 is 2.71 bits per heavy atom. The number of aromatic nitrogens is 1. The number of benzene rings is 1. The number of hydrogen-bond acceptors (Lipinski definition) is 2. The van der Waals surface area contributed by atoms with E-state index in [9.17, 15) is 4.39 Å². The Balaban J connectivity index is 1.88. The minimum atomic E-state index is -0.583. The maximum atomic E-state index is 13.1. The maximum Gasteiger partial charge on any atom is 0.255 e. The van der Waals surface area contributed by atoms with E-state index < -0.39 is 5.95 Å². The summed E-state index contributed by atoms with van der Waals surface area (Å²) < 4.78 is 18.3. The Morgan fingerprint density at radius 1 is 1.12 bits per heavy atom. The Hall–Kier alpha value is -2.16. The first-order valence-electron chi connectivity index (χ1n) is 5.31. The molecule has 0 atom stereocenters. The van der Waals surface area contributed by atoms with Crippen LogP contribution in [-0.2, 0) is 0 Å². The van der Waals surface area contributed by atoms with Crippen LogP contribution in [0.15, 0.2) is 54.7 Å². The molecule has 0 fully saturated rings. The summed E-state index contributed by atoms with van der Waals surface area (Å²) in [6.45, 7) is 0.317. The summed E-state index contributed by atoms with van der Waals surface area (Å²) in [5.74, 6) is -0.411. The molecule has 0 spiro atoms. The van der Waals surface area contributed by atoms with Crippen LogP contribution in [0.5, 0.6) is 5.75 Å². The third kappa shape index (κ3) is 3.41. The van der Waals surface area contributed by atoms with Gasteiger partial charge in [0.2, 0.25) is 0 Å². The van der Waals surface area contributed by atoms with E-state index in [0.29, 0.717) is 6.61 Å². The predicted octanol–water partition coefficient (Wildman–Crippen LogP) is 3.31. The third-order valence-corrected chi connectivity index (χ3v) is 2.17. The fourth-order valence-electron chi connectivity index (χ4n) is 1.37. The van der Waals surface area contributed by atoms with Gasteiger partial charge in [-0.05, 0) is 23.8 Å². The number of nitrogens with zero attached hydrogens (tertiary/aromatic N) is 1. The topological polar surface area (TPSA) is 22.1 Å². The SMILES string of the molecule is Fc1ncccc1OCC=Cc1ccccc1. The average molecular weight is 229 g/mol. The fourth-order valence-corrected chi connectivity index (χ4v) is 1.37. The molecule has 17 heavy (non-hydrogen) atoms. The van der Waals surface area contributed by atoms with Gasteiger partial charge >= 0.3 is 0 Å². The van der Waals surface area contributed by atoms with Gasteiger partial charge < -0.3 is 4.74 Å². The molecule has 0 aliphatic carbocycles. The van der Waals surface area contributed by atoms with Crippen molar-refractivity contribution in [3.8, 4) is 5.75 Å². The zero-order valence-electron chi connectivity index (χ0n) is 9.21. The molecule has 2 aromatic rings. The van der Waals surface area contributed by atoms with Crippen LogP contribution < -0.4 is 4.74 Å². The van der Waals surface area contributed by atoms with E-state index in [1.807, 2.05) is 42.5 Å². The largest absolute Gasteiger partial charge is 0.485 e. The number of ether oxygens (including phenoxy) is 1. The highest BCUT2D eigenvalue weighted by Gasteiger charge is 2.00. The van der Waals surface area contributed by atoms with Gasteiger partial charge in [-0.3, -0.25) is 0 Å². The maximum absolute atomic E-state index is 13.1. The van der Waals surface area contributed by atoms with E-state index in [-0.39, 0.29) is 5.75 Å². The van der Waals surface area contributed by atoms with Gasteiger partial charge in [-0.15, -0.1) is 0 Å². The van der Waals surface area contributed by atoms with Crippen LogP contribution in [0.2, 0.25) is 0 Å². The molecule has 0 N–H and O–H groups in total. The monoisotopic (exact) mass is 229 g/mol. The van der Waals surface area contributed by atoms with Gasteiger partial charge in [0.1, 0.15) is 6.61 Å². The van der Waals surface area contributed by atoms with Gasteiger partial charge in [0.25, 0.3) is 5.95 Å². The fraction of sp³-hybridized carbons (Fsp3) is 0.0714. The molecule has 1 aromatic heterocycles. The molecule has 0 amide bonds. The molecule has 0 saturated carbocycles. The number of hydrogen-bond donors (Lipinski definition) is 0. The molecule has 0 aliphatic heterocycles. The third-order valence-electron chi connectivity index (χ3n) is 2.17. The first-order chi connectivity index (χ1) is 8.36. The molecule has 2 rings (SSSR count). The first-order valence-corrected chi connectivity index (χ1v) is 5.31. The van der Waals surface area contributed by atoms with Crippen LogP contribution in [0, 0.1) is 5.95 Å². The van der Waals surface area contributed by atoms with Crippen molar-refractivity contribution in [1.29, 1.82) is 0 Å². The highest BCUT2D eigenvalue weighted by Crippen LogP contribution is 2.12. The second kappa shape index (κ2) is 5.80. The van der Waals surface area contributed by atoms with E-state index in [1.54, 1.807) is 12.1 Å². The van der Waals surface area contributed by atoms with Crippen LogP contribution >= 0.6 is 0 Å².